The van der Waals surface area contributed by atoms with Crippen LogP contribution in [0, 0.1) is 5.41 Å². The molecule has 9 heteroatoms. The number of carbonyl (C=O) groups excluding carboxylic acids is 2. The van der Waals surface area contributed by atoms with Crippen molar-refractivity contribution >= 4 is 29.2 Å². The van der Waals surface area contributed by atoms with E-state index in [2.05, 4.69) is 15.5 Å². The first-order valence-corrected chi connectivity index (χ1v) is 10.1. The Bertz CT molecular complexity index is 809. The SMILES string of the molecule is O=C(C=Cc1ccsc1)N1CCC2(CC1)CCN(C(=O)Cn1cnnn1)C2. The number of rotatable bonds is 4. The first-order valence-electron chi connectivity index (χ1n) is 9.11. The van der Waals surface area contributed by atoms with Crippen LogP contribution in [0.3, 0.4) is 0 Å². The van der Waals surface area contributed by atoms with E-state index in [0.29, 0.717) is 0 Å². The highest BCUT2D eigenvalue weighted by Gasteiger charge is 2.42. The molecule has 0 atom stereocenters. The third-order valence-electron chi connectivity index (χ3n) is 5.58. The van der Waals surface area contributed by atoms with Crippen molar-refractivity contribution in [1.29, 1.82) is 0 Å². The van der Waals surface area contributed by atoms with Crippen molar-refractivity contribution in [3.8, 4) is 0 Å². The summed E-state index contributed by atoms with van der Waals surface area (Å²) < 4.78 is 1.45. The van der Waals surface area contributed by atoms with E-state index in [9.17, 15) is 9.59 Å². The van der Waals surface area contributed by atoms with Gasteiger partial charge in [0.1, 0.15) is 12.9 Å². The van der Waals surface area contributed by atoms with Gasteiger partial charge in [-0.25, -0.2) is 4.68 Å². The van der Waals surface area contributed by atoms with Gasteiger partial charge in [-0.15, -0.1) is 5.10 Å². The Labute approximate surface area is 161 Å². The second-order valence-corrected chi connectivity index (χ2v) is 8.07. The van der Waals surface area contributed by atoms with Gasteiger partial charge in [0.2, 0.25) is 11.8 Å². The Hall–Kier alpha value is -2.55. The van der Waals surface area contributed by atoms with Crippen LogP contribution in [0.1, 0.15) is 24.8 Å². The summed E-state index contributed by atoms with van der Waals surface area (Å²) in [4.78, 5) is 28.7. The predicted molar refractivity (Wildman–Crippen MR) is 101 cm³/mol. The topological polar surface area (TPSA) is 84.2 Å². The van der Waals surface area contributed by atoms with Crippen LogP contribution in [0.2, 0.25) is 0 Å². The first-order chi connectivity index (χ1) is 13.1. The molecule has 0 N–H and O–H groups in total. The number of likely N-dealkylation sites (tertiary alicyclic amines) is 2. The molecule has 2 saturated heterocycles. The third kappa shape index (κ3) is 4.08. The van der Waals surface area contributed by atoms with E-state index in [1.165, 1.54) is 11.0 Å². The lowest BCUT2D eigenvalue weighted by atomic mass is 9.78. The van der Waals surface area contributed by atoms with Crippen molar-refractivity contribution in [3.05, 3.63) is 34.8 Å². The number of aromatic nitrogens is 4. The molecule has 0 saturated carbocycles. The van der Waals surface area contributed by atoms with Crippen LogP contribution in [0.15, 0.2) is 29.2 Å². The van der Waals surface area contributed by atoms with E-state index in [4.69, 9.17) is 0 Å². The Kier molecular flexibility index (Phi) is 5.02. The number of hydrogen-bond acceptors (Lipinski definition) is 6. The van der Waals surface area contributed by atoms with Gasteiger partial charge in [-0.1, -0.05) is 0 Å². The van der Waals surface area contributed by atoms with Crippen molar-refractivity contribution in [2.24, 2.45) is 5.41 Å². The van der Waals surface area contributed by atoms with E-state index in [1.807, 2.05) is 32.7 Å². The molecular weight excluding hydrogens is 364 g/mol. The van der Waals surface area contributed by atoms with E-state index < -0.39 is 0 Å². The fourth-order valence-corrected chi connectivity index (χ4v) is 4.52. The van der Waals surface area contributed by atoms with Gasteiger partial charge in [-0.05, 0) is 63.6 Å². The highest BCUT2D eigenvalue weighted by atomic mass is 32.1. The van der Waals surface area contributed by atoms with Crippen molar-refractivity contribution in [1.82, 2.24) is 30.0 Å². The lowest BCUT2D eigenvalue weighted by Gasteiger charge is -2.38. The molecule has 2 aromatic heterocycles. The lowest BCUT2D eigenvalue weighted by molar-refractivity contribution is -0.132. The molecule has 2 fully saturated rings. The quantitative estimate of drug-likeness (QED) is 0.740. The monoisotopic (exact) mass is 386 g/mol. The van der Waals surface area contributed by atoms with E-state index >= 15 is 0 Å². The fourth-order valence-electron chi connectivity index (χ4n) is 3.89. The molecule has 0 aromatic carbocycles. The van der Waals surface area contributed by atoms with Crippen molar-refractivity contribution < 1.29 is 9.59 Å². The normalized spacial score (nSPS) is 19.3. The standard InChI is InChI=1S/C18H22N6O2S/c25-16(2-1-15-3-10-27-12-15)22-7-4-18(5-8-22)6-9-23(13-18)17(26)11-24-14-19-20-21-24/h1-3,10,12,14H,4-9,11,13H2. The summed E-state index contributed by atoms with van der Waals surface area (Å²) >= 11 is 1.62. The van der Waals surface area contributed by atoms with Crippen molar-refractivity contribution in [2.75, 3.05) is 26.2 Å². The zero-order valence-corrected chi connectivity index (χ0v) is 15.8. The number of tetrazole rings is 1. The molecule has 4 heterocycles. The van der Waals surface area contributed by atoms with Gasteiger partial charge in [-0.2, -0.15) is 11.3 Å². The van der Waals surface area contributed by atoms with Crippen LogP contribution in [-0.4, -0.2) is 68.0 Å². The zero-order chi connectivity index (χ0) is 18.7. The minimum atomic E-state index is 0.0522. The molecule has 0 unspecified atom stereocenters. The number of hydrogen-bond donors (Lipinski definition) is 0. The average molecular weight is 386 g/mol. The van der Waals surface area contributed by atoms with E-state index in [-0.39, 0.29) is 23.8 Å². The van der Waals surface area contributed by atoms with Gasteiger partial charge in [0.25, 0.3) is 0 Å². The molecule has 27 heavy (non-hydrogen) atoms. The van der Waals surface area contributed by atoms with Gasteiger partial charge in [0.15, 0.2) is 0 Å². The van der Waals surface area contributed by atoms with Crippen LogP contribution in [0.4, 0.5) is 0 Å². The van der Waals surface area contributed by atoms with E-state index in [0.717, 1.165) is 51.0 Å². The lowest BCUT2D eigenvalue weighted by Crippen LogP contribution is -2.44. The molecule has 0 radical (unpaired) electrons. The summed E-state index contributed by atoms with van der Waals surface area (Å²) in [5.74, 6) is 0.122. The summed E-state index contributed by atoms with van der Waals surface area (Å²) in [6, 6.07) is 2.00. The maximum Gasteiger partial charge on any atom is 0.246 e. The first kappa shape index (κ1) is 17.8. The molecule has 2 aliphatic rings. The Morgan fingerprint density at radius 2 is 1.96 bits per heavy atom. The molecule has 0 bridgehead atoms. The Morgan fingerprint density at radius 1 is 1.19 bits per heavy atom. The number of thiophene rings is 1. The summed E-state index contributed by atoms with van der Waals surface area (Å²) in [5.41, 5.74) is 1.21. The van der Waals surface area contributed by atoms with Crippen LogP contribution in [0.25, 0.3) is 6.08 Å². The van der Waals surface area contributed by atoms with E-state index in [1.54, 1.807) is 17.4 Å². The fraction of sp³-hybridized carbons (Fsp3) is 0.500. The smallest absolute Gasteiger partial charge is 0.246 e. The number of amides is 2. The maximum atomic E-state index is 12.4. The number of carbonyl (C=O) groups is 2. The number of piperidine rings is 1. The summed E-state index contributed by atoms with van der Waals surface area (Å²) in [6.07, 6.45) is 7.88. The van der Waals surface area contributed by atoms with Crippen molar-refractivity contribution in [3.63, 3.8) is 0 Å². The molecular formula is C18H22N6O2S. The average Bonchev–Trinajstić information content (AvgIpc) is 3.43. The minimum Gasteiger partial charge on any atom is -0.341 e. The van der Waals surface area contributed by atoms with Gasteiger partial charge in [-0.3, -0.25) is 9.59 Å². The second-order valence-electron chi connectivity index (χ2n) is 7.29. The molecule has 0 aliphatic carbocycles. The third-order valence-corrected chi connectivity index (χ3v) is 6.28. The van der Waals surface area contributed by atoms with Gasteiger partial charge in [0, 0.05) is 32.3 Å². The highest BCUT2D eigenvalue weighted by Crippen LogP contribution is 2.40. The van der Waals surface area contributed by atoms with Gasteiger partial charge < -0.3 is 9.80 Å². The number of nitrogens with zero attached hydrogens (tertiary/aromatic N) is 6. The largest absolute Gasteiger partial charge is 0.341 e. The molecule has 4 rings (SSSR count). The Balaban J connectivity index is 1.28. The van der Waals surface area contributed by atoms with Gasteiger partial charge >= 0.3 is 0 Å². The van der Waals surface area contributed by atoms with Crippen molar-refractivity contribution in [2.45, 2.75) is 25.8 Å². The minimum absolute atomic E-state index is 0.0522. The highest BCUT2D eigenvalue weighted by molar-refractivity contribution is 7.08. The predicted octanol–water partition coefficient (Wildman–Crippen LogP) is 1.29. The molecule has 142 valence electrons. The molecule has 2 aliphatic heterocycles. The van der Waals surface area contributed by atoms with Crippen LogP contribution in [0.5, 0.6) is 0 Å². The molecule has 1 spiro atoms. The summed E-state index contributed by atoms with van der Waals surface area (Å²) in [5, 5.41) is 14.9. The van der Waals surface area contributed by atoms with Crippen LogP contribution in [-0.2, 0) is 16.1 Å². The molecule has 2 amide bonds. The Morgan fingerprint density at radius 3 is 2.63 bits per heavy atom. The summed E-state index contributed by atoms with van der Waals surface area (Å²) in [7, 11) is 0. The zero-order valence-electron chi connectivity index (χ0n) is 15.0. The molecule has 8 nitrogen and oxygen atoms in total. The molecule has 2 aromatic rings. The van der Waals surface area contributed by atoms with Gasteiger partial charge in [0.05, 0.1) is 0 Å². The van der Waals surface area contributed by atoms with Crippen LogP contribution >= 0.6 is 11.3 Å². The maximum absolute atomic E-state index is 12.4. The second kappa shape index (κ2) is 7.59. The van der Waals surface area contributed by atoms with Crippen LogP contribution < -0.4 is 0 Å². The summed E-state index contributed by atoms with van der Waals surface area (Å²) in [6.45, 7) is 3.22.